The van der Waals surface area contributed by atoms with E-state index in [1.165, 1.54) is 6.92 Å². The zero-order valence-electron chi connectivity index (χ0n) is 15.1. The Labute approximate surface area is 153 Å². The number of anilines is 2. The number of urea groups is 1. The summed E-state index contributed by atoms with van der Waals surface area (Å²) in [5.41, 5.74) is 3.36. The number of carbonyl (C=O) groups is 2. The van der Waals surface area contributed by atoms with Crippen molar-refractivity contribution in [2.24, 2.45) is 0 Å². The third kappa shape index (κ3) is 5.35. The molecule has 0 radical (unpaired) electrons. The lowest BCUT2D eigenvalue weighted by molar-refractivity contribution is 0.101. The van der Waals surface area contributed by atoms with Gasteiger partial charge in [0, 0.05) is 29.5 Å². The van der Waals surface area contributed by atoms with Crippen LogP contribution in [-0.4, -0.2) is 17.9 Å². The van der Waals surface area contributed by atoms with E-state index in [9.17, 15) is 9.59 Å². The number of nitriles is 1. The molecule has 2 amide bonds. The van der Waals surface area contributed by atoms with Gasteiger partial charge in [-0.1, -0.05) is 12.1 Å². The van der Waals surface area contributed by atoms with Crippen LogP contribution in [0.25, 0.3) is 0 Å². The second-order valence-corrected chi connectivity index (χ2v) is 6.23. The van der Waals surface area contributed by atoms with E-state index in [1.807, 2.05) is 38.1 Å². The Kier molecular flexibility index (Phi) is 6.34. The molecule has 2 aromatic carbocycles. The summed E-state index contributed by atoms with van der Waals surface area (Å²) in [5, 5.41) is 17.8. The molecular formula is C20H22N4O2. The van der Waals surface area contributed by atoms with Gasteiger partial charge in [0.1, 0.15) is 0 Å². The molecular weight excluding hydrogens is 328 g/mol. The number of carbonyl (C=O) groups excluding carboxylic acids is 2. The third-order valence-electron chi connectivity index (χ3n) is 3.64. The second-order valence-electron chi connectivity index (χ2n) is 6.23. The van der Waals surface area contributed by atoms with Crippen molar-refractivity contribution < 1.29 is 9.59 Å². The van der Waals surface area contributed by atoms with Gasteiger partial charge in [0.15, 0.2) is 5.78 Å². The number of nitrogens with zero attached hydrogens (tertiary/aromatic N) is 1. The van der Waals surface area contributed by atoms with Crippen LogP contribution in [-0.2, 0) is 6.54 Å². The minimum atomic E-state index is -0.245. The van der Waals surface area contributed by atoms with E-state index in [0.29, 0.717) is 29.0 Å². The first-order valence-corrected chi connectivity index (χ1v) is 8.34. The smallest absolute Gasteiger partial charge is 0.319 e. The summed E-state index contributed by atoms with van der Waals surface area (Å²) < 4.78 is 0. The van der Waals surface area contributed by atoms with Gasteiger partial charge in [0.05, 0.1) is 11.6 Å². The maximum absolute atomic E-state index is 11.7. The molecule has 6 nitrogen and oxygen atoms in total. The van der Waals surface area contributed by atoms with E-state index in [4.69, 9.17) is 5.26 Å². The zero-order chi connectivity index (χ0) is 19.1. The molecule has 0 heterocycles. The summed E-state index contributed by atoms with van der Waals surface area (Å²) in [4.78, 5) is 23.4. The van der Waals surface area contributed by atoms with Crippen molar-refractivity contribution in [1.82, 2.24) is 5.32 Å². The summed E-state index contributed by atoms with van der Waals surface area (Å²) in [6.07, 6.45) is 0. The predicted molar refractivity (Wildman–Crippen MR) is 102 cm³/mol. The summed E-state index contributed by atoms with van der Waals surface area (Å²) in [6, 6.07) is 14.3. The summed E-state index contributed by atoms with van der Waals surface area (Å²) in [6.45, 7) is 5.78. The van der Waals surface area contributed by atoms with Gasteiger partial charge in [-0.25, -0.2) is 4.79 Å². The monoisotopic (exact) mass is 350 g/mol. The molecule has 0 spiro atoms. The standard InChI is InChI=1S/C20H22N4O2/c1-13(2)23-20(26)24-17-7-4-15(5-8-17)12-22-19-10-16(11-21)6-9-18(19)14(3)25/h4-10,13,22H,12H2,1-3H3,(H2,23,24,26). The predicted octanol–water partition coefficient (Wildman–Crippen LogP) is 3.90. The van der Waals surface area contributed by atoms with E-state index < -0.39 is 0 Å². The van der Waals surface area contributed by atoms with Gasteiger partial charge >= 0.3 is 6.03 Å². The maximum atomic E-state index is 11.7. The lowest BCUT2D eigenvalue weighted by atomic mass is 10.1. The van der Waals surface area contributed by atoms with Crippen LogP contribution in [0.1, 0.15) is 42.3 Å². The molecule has 0 saturated heterocycles. The summed E-state index contributed by atoms with van der Waals surface area (Å²) >= 11 is 0. The van der Waals surface area contributed by atoms with Gasteiger partial charge in [-0.3, -0.25) is 4.79 Å². The first kappa shape index (κ1) is 19.0. The van der Waals surface area contributed by atoms with Crippen molar-refractivity contribution in [3.05, 3.63) is 59.2 Å². The van der Waals surface area contributed by atoms with Gasteiger partial charge in [-0.15, -0.1) is 0 Å². The van der Waals surface area contributed by atoms with Crippen LogP contribution in [0.4, 0.5) is 16.2 Å². The first-order chi connectivity index (χ1) is 12.4. The average Bonchev–Trinajstić information content (AvgIpc) is 2.60. The highest BCUT2D eigenvalue weighted by molar-refractivity contribution is 5.99. The highest BCUT2D eigenvalue weighted by Gasteiger charge is 2.08. The Balaban J connectivity index is 2.03. The first-order valence-electron chi connectivity index (χ1n) is 8.34. The Hall–Kier alpha value is -3.33. The normalized spacial score (nSPS) is 10.1. The van der Waals surface area contributed by atoms with Crippen molar-refractivity contribution in [1.29, 1.82) is 5.26 Å². The van der Waals surface area contributed by atoms with Crippen LogP contribution in [0.15, 0.2) is 42.5 Å². The SMILES string of the molecule is CC(=O)c1ccc(C#N)cc1NCc1ccc(NC(=O)NC(C)C)cc1. The molecule has 134 valence electrons. The number of amides is 2. The molecule has 2 aromatic rings. The largest absolute Gasteiger partial charge is 0.380 e. The van der Waals surface area contributed by atoms with Gasteiger partial charge in [-0.2, -0.15) is 5.26 Å². The zero-order valence-corrected chi connectivity index (χ0v) is 15.1. The number of rotatable bonds is 6. The molecule has 2 rings (SSSR count). The number of nitrogens with one attached hydrogen (secondary N) is 3. The van der Waals surface area contributed by atoms with Crippen molar-refractivity contribution in [2.75, 3.05) is 10.6 Å². The molecule has 0 aliphatic rings. The molecule has 0 aliphatic carbocycles. The molecule has 0 bridgehead atoms. The van der Waals surface area contributed by atoms with E-state index in [1.54, 1.807) is 18.2 Å². The Bertz CT molecular complexity index is 836. The van der Waals surface area contributed by atoms with E-state index >= 15 is 0 Å². The van der Waals surface area contributed by atoms with Gasteiger partial charge < -0.3 is 16.0 Å². The Morgan fingerprint density at radius 1 is 1.12 bits per heavy atom. The van der Waals surface area contributed by atoms with Crippen LogP contribution < -0.4 is 16.0 Å². The molecule has 0 aliphatic heterocycles. The topological polar surface area (TPSA) is 94.0 Å². The molecule has 0 fully saturated rings. The summed E-state index contributed by atoms with van der Waals surface area (Å²) in [7, 11) is 0. The maximum Gasteiger partial charge on any atom is 0.319 e. The van der Waals surface area contributed by atoms with Crippen LogP contribution in [0.5, 0.6) is 0 Å². The molecule has 26 heavy (non-hydrogen) atoms. The number of hydrogen-bond acceptors (Lipinski definition) is 4. The Morgan fingerprint density at radius 2 is 1.81 bits per heavy atom. The van der Waals surface area contributed by atoms with Crippen LogP contribution in [0.3, 0.4) is 0 Å². The van der Waals surface area contributed by atoms with Crippen LogP contribution in [0, 0.1) is 11.3 Å². The van der Waals surface area contributed by atoms with Gasteiger partial charge in [-0.05, 0) is 56.7 Å². The Morgan fingerprint density at radius 3 is 2.38 bits per heavy atom. The van der Waals surface area contributed by atoms with Crippen LogP contribution >= 0.6 is 0 Å². The molecule has 0 unspecified atom stereocenters. The number of ketones is 1. The highest BCUT2D eigenvalue weighted by Crippen LogP contribution is 2.20. The summed E-state index contributed by atoms with van der Waals surface area (Å²) in [5.74, 6) is -0.0623. The lowest BCUT2D eigenvalue weighted by Crippen LogP contribution is -2.34. The van der Waals surface area contributed by atoms with Crippen molar-refractivity contribution in [2.45, 2.75) is 33.4 Å². The molecule has 0 aromatic heterocycles. The average molecular weight is 350 g/mol. The molecule has 0 saturated carbocycles. The fraction of sp³-hybridized carbons (Fsp3) is 0.250. The number of benzene rings is 2. The van der Waals surface area contributed by atoms with Crippen molar-refractivity contribution in [3.8, 4) is 6.07 Å². The minimum Gasteiger partial charge on any atom is -0.380 e. The quantitative estimate of drug-likeness (QED) is 0.689. The lowest BCUT2D eigenvalue weighted by Gasteiger charge is -2.12. The number of Topliss-reactive ketones (excluding diaryl/α,β-unsaturated/α-hetero) is 1. The molecule has 6 heteroatoms. The van der Waals surface area contributed by atoms with Gasteiger partial charge in [0.2, 0.25) is 0 Å². The van der Waals surface area contributed by atoms with E-state index in [0.717, 1.165) is 5.56 Å². The highest BCUT2D eigenvalue weighted by atomic mass is 16.2. The van der Waals surface area contributed by atoms with Crippen LogP contribution in [0.2, 0.25) is 0 Å². The fourth-order valence-electron chi connectivity index (χ4n) is 2.40. The molecule has 0 atom stereocenters. The molecule has 3 N–H and O–H groups in total. The third-order valence-corrected chi connectivity index (χ3v) is 3.64. The minimum absolute atomic E-state index is 0.0623. The van der Waals surface area contributed by atoms with Crippen molar-refractivity contribution >= 4 is 23.2 Å². The second kappa shape index (κ2) is 8.67. The van der Waals surface area contributed by atoms with Crippen molar-refractivity contribution in [3.63, 3.8) is 0 Å². The van der Waals surface area contributed by atoms with Gasteiger partial charge in [0.25, 0.3) is 0 Å². The number of hydrogen-bond donors (Lipinski definition) is 3. The van der Waals surface area contributed by atoms with E-state index in [2.05, 4.69) is 22.0 Å². The fourth-order valence-corrected chi connectivity index (χ4v) is 2.40. The van der Waals surface area contributed by atoms with E-state index in [-0.39, 0.29) is 17.9 Å².